The van der Waals surface area contributed by atoms with Gasteiger partial charge in [0.25, 0.3) is 0 Å². The lowest BCUT2D eigenvalue weighted by atomic mass is 9.86. The number of carbonyl (C=O) groups excluding carboxylic acids is 1. The third kappa shape index (κ3) is 3.65. The van der Waals surface area contributed by atoms with Gasteiger partial charge in [0.1, 0.15) is 6.33 Å². The van der Waals surface area contributed by atoms with Crippen molar-refractivity contribution in [3.63, 3.8) is 0 Å². The Kier molecular flexibility index (Phi) is 4.89. The Balaban J connectivity index is 1.47. The number of nitrogens with zero attached hydrogens (tertiary/aromatic N) is 4. The fourth-order valence-corrected chi connectivity index (χ4v) is 4.46. The third-order valence-electron chi connectivity index (χ3n) is 6.35. The summed E-state index contributed by atoms with van der Waals surface area (Å²) in [5.74, 6) is 0.679. The monoisotopic (exact) mass is 415 g/mol. The van der Waals surface area contributed by atoms with E-state index in [1.165, 1.54) is 6.33 Å². The van der Waals surface area contributed by atoms with E-state index in [1.807, 2.05) is 19.1 Å². The van der Waals surface area contributed by atoms with Crippen LogP contribution in [0.3, 0.4) is 0 Å². The summed E-state index contributed by atoms with van der Waals surface area (Å²) in [7, 11) is 0. The van der Waals surface area contributed by atoms with E-state index >= 15 is 0 Å². The van der Waals surface area contributed by atoms with Gasteiger partial charge in [-0.15, -0.1) is 0 Å². The molecule has 1 amide bonds. The van der Waals surface area contributed by atoms with Crippen LogP contribution in [0.4, 0.5) is 5.69 Å². The number of nitrogens with two attached hydrogens (primary N) is 1. The van der Waals surface area contributed by atoms with Crippen LogP contribution < -0.4 is 10.6 Å². The van der Waals surface area contributed by atoms with Gasteiger partial charge >= 0.3 is 0 Å². The summed E-state index contributed by atoms with van der Waals surface area (Å²) in [4.78, 5) is 18.3. The molecule has 0 aliphatic carbocycles. The highest BCUT2D eigenvalue weighted by Gasteiger charge is 2.28. The van der Waals surface area contributed by atoms with Gasteiger partial charge in [-0.2, -0.15) is 10.2 Å². The number of hydrogen-bond acceptors (Lipinski definition) is 5. The molecule has 2 unspecified atom stereocenters. The van der Waals surface area contributed by atoms with Crippen LogP contribution in [0.5, 0.6) is 0 Å². The maximum Gasteiger partial charge on any atom is 0.220 e. The number of primary amides is 1. The average molecular weight is 416 g/mol. The molecule has 0 saturated carbocycles. The number of amides is 1. The number of rotatable bonds is 5. The minimum absolute atomic E-state index is 0.115. The molecule has 1 fully saturated rings. The van der Waals surface area contributed by atoms with Crippen molar-refractivity contribution >= 4 is 22.5 Å². The fraction of sp³-hybridized carbons (Fsp3) is 0.304. The van der Waals surface area contributed by atoms with E-state index in [2.05, 4.69) is 60.6 Å². The second-order valence-electron chi connectivity index (χ2n) is 8.26. The van der Waals surface area contributed by atoms with Crippen molar-refractivity contribution in [2.24, 2.45) is 17.6 Å². The zero-order chi connectivity index (χ0) is 21.4. The maximum atomic E-state index is 11.7. The first-order chi connectivity index (χ1) is 15.1. The topological polar surface area (TPSA) is 117 Å². The van der Waals surface area contributed by atoms with Gasteiger partial charge < -0.3 is 10.6 Å². The molecule has 8 nitrogen and oxygen atoms in total. The molecular formula is C23H25N7O. The van der Waals surface area contributed by atoms with Crippen molar-refractivity contribution in [1.29, 1.82) is 0 Å². The average Bonchev–Trinajstić information content (AvgIpc) is 3.48. The molecule has 3 heterocycles. The molecule has 8 heteroatoms. The molecule has 4 N–H and O–H groups in total. The summed E-state index contributed by atoms with van der Waals surface area (Å²) in [6, 6.07) is 14.5. The van der Waals surface area contributed by atoms with Crippen molar-refractivity contribution in [2.75, 3.05) is 18.0 Å². The van der Waals surface area contributed by atoms with E-state index in [4.69, 9.17) is 5.73 Å². The summed E-state index contributed by atoms with van der Waals surface area (Å²) in [6.45, 7) is 3.75. The van der Waals surface area contributed by atoms with Crippen LogP contribution >= 0.6 is 0 Å². The highest BCUT2D eigenvalue weighted by atomic mass is 16.1. The highest BCUT2D eigenvalue weighted by molar-refractivity contribution is 5.95. The van der Waals surface area contributed by atoms with Gasteiger partial charge in [0.15, 0.2) is 5.82 Å². The van der Waals surface area contributed by atoms with Crippen LogP contribution in [0, 0.1) is 11.8 Å². The molecule has 31 heavy (non-hydrogen) atoms. The Morgan fingerprint density at radius 3 is 2.90 bits per heavy atom. The van der Waals surface area contributed by atoms with Crippen LogP contribution in [0.15, 0.2) is 48.8 Å². The first-order valence-electron chi connectivity index (χ1n) is 10.6. The summed E-state index contributed by atoms with van der Waals surface area (Å²) in [6.07, 6.45) is 3.59. The number of piperidine rings is 1. The number of anilines is 1. The van der Waals surface area contributed by atoms with Gasteiger partial charge in [0, 0.05) is 41.2 Å². The third-order valence-corrected chi connectivity index (χ3v) is 6.35. The van der Waals surface area contributed by atoms with Crippen molar-refractivity contribution in [1.82, 2.24) is 25.4 Å². The predicted molar refractivity (Wildman–Crippen MR) is 120 cm³/mol. The van der Waals surface area contributed by atoms with Crippen LogP contribution in [0.2, 0.25) is 0 Å². The van der Waals surface area contributed by atoms with Crippen LogP contribution in [-0.2, 0) is 4.79 Å². The first kappa shape index (κ1) is 19.3. The van der Waals surface area contributed by atoms with Crippen LogP contribution in [-0.4, -0.2) is 44.4 Å². The lowest BCUT2D eigenvalue weighted by molar-refractivity contribution is -0.122. The van der Waals surface area contributed by atoms with Gasteiger partial charge in [0.05, 0.1) is 11.2 Å². The van der Waals surface area contributed by atoms with E-state index in [9.17, 15) is 4.79 Å². The van der Waals surface area contributed by atoms with E-state index < -0.39 is 0 Å². The number of H-pyrrole nitrogens is 2. The van der Waals surface area contributed by atoms with E-state index in [-0.39, 0.29) is 17.7 Å². The van der Waals surface area contributed by atoms with E-state index in [0.29, 0.717) is 0 Å². The van der Waals surface area contributed by atoms with Gasteiger partial charge in [-0.3, -0.25) is 15.0 Å². The minimum Gasteiger partial charge on any atom is -0.371 e. The zero-order valence-corrected chi connectivity index (χ0v) is 17.4. The Bertz CT molecular complexity index is 1210. The van der Waals surface area contributed by atoms with Crippen LogP contribution in [0.1, 0.15) is 19.8 Å². The van der Waals surface area contributed by atoms with Crippen molar-refractivity contribution in [3.05, 3.63) is 48.8 Å². The summed E-state index contributed by atoms with van der Waals surface area (Å²) < 4.78 is 0. The number of nitrogens with one attached hydrogen (secondary N) is 2. The van der Waals surface area contributed by atoms with Gasteiger partial charge in [-0.1, -0.05) is 19.1 Å². The lowest BCUT2D eigenvalue weighted by Gasteiger charge is -2.36. The molecule has 2 atom stereocenters. The Labute approximate surface area is 179 Å². The Morgan fingerprint density at radius 1 is 1.19 bits per heavy atom. The molecule has 2 aromatic heterocycles. The standard InChI is InChI=1S/C23H25N7O/c1-14(22(24)31)17-5-3-9-30(12-17)18-6-2-4-15(10-18)21-19-11-16(23-25-13-26-29-23)7-8-20(19)27-28-21/h2,4,6-8,10-11,13-14,17H,3,5,9,12H2,1H3,(H2,24,31)(H,27,28)(H,25,26,29). The molecule has 2 aromatic carbocycles. The molecule has 1 aliphatic rings. The summed E-state index contributed by atoms with van der Waals surface area (Å²) in [5, 5.41) is 15.6. The number of carbonyl (C=O) groups is 1. The summed E-state index contributed by atoms with van der Waals surface area (Å²) in [5.41, 5.74) is 10.6. The van der Waals surface area contributed by atoms with Crippen molar-refractivity contribution in [3.8, 4) is 22.6 Å². The fourth-order valence-electron chi connectivity index (χ4n) is 4.46. The molecular weight excluding hydrogens is 390 g/mol. The van der Waals surface area contributed by atoms with Gasteiger partial charge in [-0.05, 0) is 49.1 Å². The number of hydrogen-bond donors (Lipinski definition) is 3. The largest absolute Gasteiger partial charge is 0.371 e. The van der Waals surface area contributed by atoms with Crippen molar-refractivity contribution in [2.45, 2.75) is 19.8 Å². The summed E-state index contributed by atoms with van der Waals surface area (Å²) >= 11 is 0. The first-order valence-corrected chi connectivity index (χ1v) is 10.6. The molecule has 5 rings (SSSR count). The second kappa shape index (κ2) is 7.86. The van der Waals surface area contributed by atoms with E-state index in [1.54, 1.807) is 0 Å². The highest BCUT2D eigenvalue weighted by Crippen LogP contribution is 2.33. The molecule has 0 radical (unpaired) electrons. The molecule has 1 aliphatic heterocycles. The number of aromatic nitrogens is 5. The Morgan fingerprint density at radius 2 is 2.10 bits per heavy atom. The molecule has 0 bridgehead atoms. The molecule has 4 aromatic rings. The molecule has 158 valence electrons. The Hall–Kier alpha value is -3.68. The SMILES string of the molecule is CC(C(N)=O)C1CCCN(c2cccc(-c3n[nH]c4ccc(-c5ncn[nH]5)cc34)c2)C1. The maximum absolute atomic E-state index is 11.7. The second-order valence-corrected chi connectivity index (χ2v) is 8.26. The van der Waals surface area contributed by atoms with Crippen LogP contribution in [0.25, 0.3) is 33.5 Å². The smallest absolute Gasteiger partial charge is 0.220 e. The zero-order valence-electron chi connectivity index (χ0n) is 17.4. The van der Waals surface area contributed by atoms with Gasteiger partial charge in [-0.25, -0.2) is 4.98 Å². The number of fused-ring (bicyclic) bond motifs is 1. The van der Waals surface area contributed by atoms with Gasteiger partial charge in [0.2, 0.25) is 5.91 Å². The number of benzene rings is 2. The van der Waals surface area contributed by atoms with Crippen molar-refractivity contribution < 1.29 is 4.79 Å². The number of aromatic amines is 2. The minimum atomic E-state index is -0.217. The lowest BCUT2D eigenvalue weighted by Crippen LogP contribution is -2.41. The quantitative estimate of drug-likeness (QED) is 0.462. The predicted octanol–water partition coefficient (Wildman–Crippen LogP) is 3.35. The molecule has 0 spiro atoms. The van der Waals surface area contributed by atoms with E-state index in [0.717, 1.165) is 65.2 Å². The molecule has 1 saturated heterocycles. The normalized spacial score (nSPS) is 17.7.